The molecule has 15 heavy (non-hydrogen) atoms. The van der Waals surface area contributed by atoms with Crippen molar-refractivity contribution in [3.8, 4) is 0 Å². The number of nitrogens with zero attached hydrogens (tertiary/aromatic N) is 1. The molecule has 0 aromatic rings. The fourth-order valence-electron chi connectivity index (χ4n) is 1.82. The van der Waals surface area contributed by atoms with Gasteiger partial charge in [-0.25, -0.2) is 0 Å². The van der Waals surface area contributed by atoms with E-state index >= 15 is 0 Å². The minimum Gasteiger partial charge on any atom is -0.459 e. The third-order valence-electron chi connectivity index (χ3n) is 2.68. The summed E-state index contributed by atoms with van der Waals surface area (Å²) in [4.78, 5) is 13.9. The summed E-state index contributed by atoms with van der Waals surface area (Å²) in [7, 11) is 1.89. The number of carbonyl (C=O) groups excluding carboxylic acids is 1. The van der Waals surface area contributed by atoms with Crippen LogP contribution >= 0.6 is 0 Å². The Balaban J connectivity index is 2.74. The second-order valence-electron chi connectivity index (χ2n) is 5.63. The molecule has 1 heterocycles. The number of aliphatic hydroxyl groups excluding tert-OH is 1. The van der Waals surface area contributed by atoms with Gasteiger partial charge in [0.05, 0.1) is 6.10 Å². The lowest BCUT2D eigenvalue weighted by molar-refractivity contribution is -0.170. The van der Waals surface area contributed by atoms with Crippen molar-refractivity contribution in [2.75, 3.05) is 20.1 Å². The molecular formula is C11H21NO3. The molecule has 1 fully saturated rings. The zero-order chi connectivity index (χ0) is 11.9. The molecule has 0 aliphatic carbocycles. The smallest absolute Gasteiger partial charge is 0.316 e. The average Bonchev–Trinajstić information content (AvgIpc) is 2.23. The average molecular weight is 215 g/mol. The number of likely N-dealkylation sites (tertiary alicyclic amines) is 1. The van der Waals surface area contributed by atoms with Crippen LogP contribution in [0.2, 0.25) is 0 Å². The van der Waals surface area contributed by atoms with Crippen molar-refractivity contribution in [2.24, 2.45) is 5.41 Å². The molecule has 1 rings (SSSR count). The van der Waals surface area contributed by atoms with Crippen LogP contribution in [0.25, 0.3) is 0 Å². The molecule has 0 amide bonds. The van der Waals surface area contributed by atoms with Crippen LogP contribution in [0.1, 0.15) is 27.7 Å². The van der Waals surface area contributed by atoms with E-state index in [2.05, 4.69) is 0 Å². The van der Waals surface area contributed by atoms with Gasteiger partial charge in [0.2, 0.25) is 0 Å². The van der Waals surface area contributed by atoms with Crippen LogP contribution in [-0.4, -0.2) is 47.8 Å². The molecule has 1 N–H and O–H groups in total. The number of rotatable bonds is 1. The van der Waals surface area contributed by atoms with Gasteiger partial charge < -0.3 is 14.7 Å². The van der Waals surface area contributed by atoms with Crippen LogP contribution in [0.5, 0.6) is 0 Å². The van der Waals surface area contributed by atoms with Gasteiger partial charge in [-0.05, 0) is 34.7 Å². The van der Waals surface area contributed by atoms with E-state index < -0.39 is 17.1 Å². The van der Waals surface area contributed by atoms with Crippen LogP contribution in [0, 0.1) is 5.41 Å². The van der Waals surface area contributed by atoms with E-state index in [1.54, 1.807) is 6.92 Å². The highest BCUT2D eigenvalue weighted by molar-refractivity contribution is 5.78. The van der Waals surface area contributed by atoms with E-state index in [1.807, 2.05) is 32.7 Å². The number of aliphatic hydroxyl groups is 1. The van der Waals surface area contributed by atoms with Crippen molar-refractivity contribution in [3.05, 3.63) is 0 Å². The lowest BCUT2D eigenvalue weighted by Gasteiger charge is -2.29. The van der Waals surface area contributed by atoms with Gasteiger partial charge in [-0.2, -0.15) is 0 Å². The van der Waals surface area contributed by atoms with Crippen molar-refractivity contribution in [1.29, 1.82) is 0 Å². The van der Waals surface area contributed by atoms with Gasteiger partial charge in [-0.1, -0.05) is 0 Å². The molecule has 0 saturated carbocycles. The zero-order valence-electron chi connectivity index (χ0n) is 10.2. The predicted octanol–water partition coefficient (Wildman–Crippen LogP) is 0.641. The molecular weight excluding hydrogens is 194 g/mol. The number of ether oxygens (including phenoxy) is 1. The maximum Gasteiger partial charge on any atom is 0.316 e. The summed E-state index contributed by atoms with van der Waals surface area (Å²) in [5, 5.41) is 9.84. The van der Waals surface area contributed by atoms with E-state index in [0.717, 1.165) is 0 Å². The van der Waals surface area contributed by atoms with E-state index in [4.69, 9.17) is 4.74 Å². The molecule has 4 nitrogen and oxygen atoms in total. The summed E-state index contributed by atoms with van der Waals surface area (Å²) in [6.07, 6.45) is -0.641. The van der Waals surface area contributed by atoms with Crippen LogP contribution in [-0.2, 0) is 9.53 Å². The molecule has 1 saturated heterocycles. The fourth-order valence-corrected chi connectivity index (χ4v) is 1.82. The summed E-state index contributed by atoms with van der Waals surface area (Å²) in [5.74, 6) is -0.313. The van der Waals surface area contributed by atoms with Crippen molar-refractivity contribution >= 4 is 5.97 Å². The Morgan fingerprint density at radius 1 is 1.53 bits per heavy atom. The summed E-state index contributed by atoms with van der Waals surface area (Å²) < 4.78 is 5.32. The first-order valence-corrected chi connectivity index (χ1v) is 5.25. The number of likely N-dealkylation sites (N-methyl/N-ethyl adjacent to an activating group) is 1. The quantitative estimate of drug-likeness (QED) is 0.652. The molecule has 1 unspecified atom stereocenters. The molecule has 0 aromatic heterocycles. The van der Waals surface area contributed by atoms with E-state index in [1.165, 1.54) is 0 Å². The molecule has 1 aliphatic rings. The third-order valence-corrected chi connectivity index (χ3v) is 2.68. The Kier molecular flexibility index (Phi) is 3.12. The summed E-state index contributed by atoms with van der Waals surface area (Å²) in [5.41, 5.74) is -1.29. The van der Waals surface area contributed by atoms with E-state index in [9.17, 15) is 9.90 Å². The molecule has 4 heteroatoms. The molecule has 0 aromatic carbocycles. The van der Waals surface area contributed by atoms with Gasteiger partial charge in [-0.15, -0.1) is 0 Å². The highest BCUT2D eigenvalue weighted by Gasteiger charge is 2.49. The van der Waals surface area contributed by atoms with Gasteiger partial charge in [0, 0.05) is 13.1 Å². The van der Waals surface area contributed by atoms with E-state index in [-0.39, 0.29) is 5.97 Å². The Hall–Kier alpha value is -0.610. The second kappa shape index (κ2) is 3.76. The second-order valence-corrected chi connectivity index (χ2v) is 5.63. The maximum atomic E-state index is 11.9. The van der Waals surface area contributed by atoms with Crippen LogP contribution in [0.3, 0.4) is 0 Å². The van der Waals surface area contributed by atoms with Crippen LogP contribution in [0.15, 0.2) is 0 Å². The van der Waals surface area contributed by atoms with Crippen molar-refractivity contribution in [3.63, 3.8) is 0 Å². The lowest BCUT2D eigenvalue weighted by Crippen LogP contribution is -2.43. The van der Waals surface area contributed by atoms with Gasteiger partial charge in [0.25, 0.3) is 0 Å². The first-order valence-electron chi connectivity index (χ1n) is 5.25. The Bertz CT molecular complexity index is 259. The Labute approximate surface area is 91.2 Å². The van der Waals surface area contributed by atoms with Crippen LogP contribution in [0.4, 0.5) is 0 Å². The largest absolute Gasteiger partial charge is 0.459 e. The molecule has 0 radical (unpaired) electrons. The maximum absolute atomic E-state index is 11.9. The van der Waals surface area contributed by atoms with Gasteiger partial charge >= 0.3 is 5.97 Å². The topological polar surface area (TPSA) is 49.8 Å². The summed E-state index contributed by atoms with van der Waals surface area (Å²) >= 11 is 0. The summed E-state index contributed by atoms with van der Waals surface area (Å²) in [6.45, 7) is 8.33. The normalized spacial score (nSPS) is 33.1. The molecule has 2 atom stereocenters. The molecule has 0 spiro atoms. The molecule has 88 valence electrons. The minimum atomic E-state index is -0.790. The van der Waals surface area contributed by atoms with E-state index in [0.29, 0.717) is 13.1 Å². The number of carbonyl (C=O) groups is 1. The standard InChI is InChI=1S/C11H21NO3/c1-10(2,3)15-9(14)11(4)7-12(5)6-8(11)13/h8,13H,6-7H2,1-5H3/t8?,11-/m1/s1. The van der Waals surface area contributed by atoms with Gasteiger partial charge in [0.1, 0.15) is 11.0 Å². The minimum absolute atomic E-state index is 0.313. The molecule has 0 bridgehead atoms. The monoisotopic (exact) mass is 215 g/mol. The summed E-state index contributed by atoms with van der Waals surface area (Å²) in [6, 6.07) is 0. The number of hydrogen-bond acceptors (Lipinski definition) is 4. The Morgan fingerprint density at radius 3 is 2.40 bits per heavy atom. The third kappa shape index (κ3) is 2.69. The number of hydrogen-bond donors (Lipinski definition) is 1. The SMILES string of the molecule is CN1CC(O)[C@](C)(C(=O)OC(C)(C)C)C1. The lowest BCUT2D eigenvalue weighted by atomic mass is 9.87. The van der Waals surface area contributed by atoms with Crippen molar-refractivity contribution in [1.82, 2.24) is 4.90 Å². The fraction of sp³-hybridized carbons (Fsp3) is 0.909. The highest BCUT2D eigenvalue weighted by Crippen LogP contribution is 2.32. The van der Waals surface area contributed by atoms with Gasteiger partial charge in [-0.3, -0.25) is 4.79 Å². The number of β-amino-alcohol motifs (C(OH)–C–C–N with tert-alkyl or cyclic N) is 1. The first-order chi connectivity index (χ1) is 6.65. The van der Waals surface area contributed by atoms with Gasteiger partial charge in [0.15, 0.2) is 0 Å². The zero-order valence-corrected chi connectivity index (χ0v) is 10.2. The van der Waals surface area contributed by atoms with Crippen molar-refractivity contribution < 1.29 is 14.6 Å². The molecule has 1 aliphatic heterocycles. The van der Waals surface area contributed by atoms with Crippen LogP contribution < -0.4 is 0 Å². The Morgan fingerprint density at radius 2 is 2.07 bits per heavy atom. The van der Waals surface area contributed by atoms with Crippen molar-refractivity contribution in [2.45, 2.75) is 39.4 Å². The first kappa shape index (κ1) is 12.5. The number of esters is 1. The predicted molar refractivity (Wildman–Crippen MR) is 57.5 cm³/mol. The highest BCUT2D eigenvalue weighted by atomic mass is 16.6.